The maximum absolute atomic E-state index is 12.0. The lowest BCUT2D eigenvalue weighted by molar-refractivity contribution is -0.116. The Morgan fingerprint density at radius 2 is 2.15 bits per heavy atom. The van der Waals surface area contributed by atoms with Gasteiger partial charge in [-0.3, -0.25) is 9.78 Å². The molecule has 5 heteroatoms. The molecule has 1 N–H and O–H groups in total. The summed E-state index contributed by atoms with van der Waals surface area (Å²) in [5.74, 6) is 0.811. The van der Waals surface area contributed by atoms with Crippen molar-refractivity contribution in [3.8, 4) is 0 Å². The molecular weight excluding hydrogens is 326 g/mol. The van der Waals surface area contributed by atoms with Crippen LogP contribution in [0.15, 0.2) is 59.4 Å². The lowest BCUT2D eigenvalue weighted by Crippen LogP contribution is -2.23. The molecule has 3 heterocycles. The molecule has 0 aromatic carbocycles. The maximum Gasteiger partial charge on any atom is 0.244 e. The van der Waals surface area contributed by atoms with Crippen LogP contribution in [-0.4, -0.2) is 22.0 Å². The first-order valence-electron chi connectivity index (χ1n) is 8.68. The van der Waals surface area contributed by atoms with Crippen LogP contribution in [0.5, 0.6) is 0 Å². The molecule has 0 bridgehead atoms. The monoisotopic (exact) mass is 349 g/mol. The van der Waals surface area contributed by atoms with Crippen LogP contribution in [0.3, 0.4) is 0 Å². The SMILES string of the molecule is Cc1cc(/C=C/C(=O)NCCc2ccccn2)c(C)n1Cc1ccco1. The molecular formula is C21H23N3O2. The van der Waals surface area contributed by atoms with E-state index in [1.807, 2.05) is 36.4 Å². The molecule has 3 aromatic rings. The second kappa shape index (κ2) is 8.34. The summed E-state index contributed by atoms with van der Waals surface area (Å²) in [4.78, 5) is 16.3. The zero-order valence-corrected chi connectivity index (χ0v) is 15.1. The summed E-state index contributed by atoms with van der Waals surface area (Å²) in [6, 6.07) is 11.7. The van der Waals surface area contributed by atoms with Crippen molar-refractivity contribution >= 4 is 12.0 Å². The average Bonchev–Trinajstić information content (AvgIpc) is 3.25. The fraction of sp³-hybridized carbons (Fsp3) is 0.238. The van der Waals surface area contributed by atoms with Crippen LogP contribution in [0.2, 0.25) is 0 Å². The lowest BCUT2D eigenvalue weighted by Gasteiger charge is -2.07. The Hall–Kier alpha value is -3.08. The summed E-state index contributed by atoms with van der Waals surface area (Å²) in [5, 5.41) is 2.89. The number of nitrogens with one attached hydrogen (secondary N) is 1. The quantitative estimate of drug-likeness (QED) is 0.664. The van der Waals surface area contributed by atoms with E-state index in [-0.39, 0.29) is 5.91 Å². The van der Waals surface area contributed by atoms with Crippen molar-refractivity contribution in [2.45, 2.75) is 26.8 Å². The van der Waals surface area contributed by atoms with E-state index in [0.717, 1.165) is 34.8 Å². The smallest absolute Gasteiger partial charge is 0.244 e. The summed E-state index contributed by atoms with van der Waals surface area (Å²) in [5.41, 5.74) is 4.25. The number of aromatic nitrogens is 2. The maximum atomic E-state index is 12.0. The van der Waals surface area contributed by atoms with Gasteiger partial charge in [-0.2, -0.15) is 0 Å². The minimum Gasteiger partial charge on any atom is -0.467 e. The van der Waals surface area contributed by atoms with Gasteiger partial charge in [0.05, 0.1) is 12.8 Å². The predicted octanol–water partition coefficient (Wildman–Crippen LogP) is 3.51. The molecule has 0 unspecified atom stereocenters. The minimum absolute atomic E-state index is 0.100. The highest BCUT2D eigenvalue weighted by atomic mass is 16.3. The number of pyridine rings is 1. The van der Waals surface area contributed by atoms with E-state index in [0.29, 0.717) is 13.1 Å². The normalized spacial score (nSPS) is 11.2. The van der Waals surface area contributed by atoms with Gasteiger partial charge in [0, 0.05) is 42.3 Å². The van der Waals surface area contributed by atoms with Crippen LogP contribution in [0, 0.1) is 13.8 Å². The third-order valence-electron chi connectivity index (χ3n) is 4.33. The molecule has 0 fully saturated rings. The molecule has 0 saturated heterocycles. The first kappa shape index (κ1) is 17.7. The zero-order chi connectivity index (χ0) is 18.4. The summed E-state index contributed by atoms with van der Waals surface area (Å²) >= 11 is 0. The molecule has 134 valence electrons. The molecule has 26 heavy (non-hydrogen) atoms. The largest absolute Gasteiger partial charge is 0.467 e. The molecule has 3 rings (SSSR count). The van der Waals surface area contributed by atoms with E-state index in [9.17, 15) is 4.79 Å². The van der Waals surface area contributed by atoms with Crippen LogP contribution in [0.25, 0.3) is 6.08 Å². The Morgan fingerprint density at radius 3 is 2.88 bits per heavy atom. The molecule has 0 atom stereocenters. The number of hydrogen-bond acceptors (Lipinski definition) is 3. The molecule has 0 aliphatic rings. The Balaban J connectivity index is 1.57. The number of rotatable bonds is 7. The number of hydrogen-bond donors (Lipinski definition) is 1. The first-order valence-corrected chi connectivity index (χ1v) is 8.68. The van der Waals surface area contributed by atoms with Crippen molar-refractivity contribution in [3.05, 3.63) is 83.3 Å². The highest BCUT2D eigenvalue weighted by Gasteiger charge is 2.09. The van der Waals surface area contributed by atoms with E-state index in [1.54, 1.807) is 18.5 Å². The van der Waals surface area contributed by atoms with E-state index < -0.39 is 0 Å². The molecule has 0 saturated carbocycles. The molecule has 3 aromatic heterocycles. The number of carbonyl (C=O) groups excluding carboxylic acids is 1. The fourth-order valence-electron chi connectivity index (χ4n) is 2.88. The van der Waals surface area contributed by atoms with E-state index >= 15 is 0 Å². The first-order chi connectivity index (χ1) is 12.6. The van der Waals surface area contributed by atoms with Crippen molar-refractivity contribution < 1.29 is 9.21 Å². The van der Waals surface area contributed by atoms with Gasteiger partial charge in [0.25, 0.3) is 0 Å². The van der Waals surface area contributed by atoms with Crippen molar-refractivity contribution in [1.82, 2.24) is 14.9 Å². The Bertz CT molecular complexity index is 878. The third kappa shape index (κ3) is 4.51. The van der Waals surface area contributed by atoms with Crippen LogP contribution < -0.4 is 5.32 Å². The third-order valence-corrected chi connectivity index (χ3v) is 4.33. The highest BCUT2D eigenvalue weighted by Crippen LogP contribution is 2.18. The van der Waals surface area contributed by atoms with Gasteiger partial charge in [-0.05, 0) is 55.8 Å². The van der Waals surface area contributed by atoms with Gasteiger partial charge in [0.1, 0.15) is 5.76 Å². The van der Waals surface area contributed by atoms with Crippen molar-refractivity contribution in [2.24, 2.45) is 0 Å². The van der Waals surface area contributed by atoms with Crippen LogP contribution in [0.1, 0.15) is 28.4 Å². The van der Waals surface area contributed by atoms with Gasteiger partial charge < -0.3 is 14.3 Å². The Kier molecular flexibility index (Phi) is 5.69. The number of furan rings is 1. The van der Waals surface area contributed by atoms with Crippen molar-refractivity contribution in [2.75, 3.05) is 6.54 Å². The van der Waals surface area contributed by atoms with Crippen LogP contribution >= 0.6 is 0 Å². The van der Waals surface area contributed by atoms with Gasteiger partial charge >= 0.3 is 0 Å². The number of carbonyl (C=O) groups is 1. The molecule has 0 aliphatic heterocycles. The number of amides is 1. The van der Waals surface area contributed by atoms with Gasteiger partial charge in [-0.25, -0.2) is 0 Å². The standard InChI is InChI=1S/C21H23N3O2/c1-16-14-18(17(2)24(16)15-20-7-5-13-26-20)8-9-21(25)23-12-10-19-6-3-4-11-22-19/h3-9,11,13-14H,10,12,15H2,1-2H3,(H,23,25)/b9-8+. The molecule has 1 amide bonds. The summed E-state index contributed by atoms with van der Waals surface area (Å²) in [6.07, 6.45) is 7.60. The fourth-order valence-corrected chi connectivity index (χ4v) is 2.88. The Morgan fingerprint density at radius 1 is 1.27 bits per heavy atom. The van der Waals surface area contributed by atoms with E-state index in [1.165, 1.54) is 0 Å². The highest BCUT2D eigenvalue weighted by molar-refractivity contribution is 5.91. The molecule has 0 spiro atoms. The lowest BCUT2D eigenvalue weighted by atomic mass is 10.2. The predicted molar refractivity (Wildman–Crippen MR) is 102 cm³/mol. The zero-order valence-electron chi connectivity index (χ0n) is 15.1. The van der Waals surface area contributed by atoms with Gasteiger partial charge in [0.2, 0.25) is 5.91 Å². The number of nitrogens with zero attached hydrogens (tertiary/aromatic N) is 2. The molecule has 0 radical (unpaired) electrons. The summed E-state index contributed by atoms with van der Waals surface area (Å²) in [6.45, 7) is 5.36. The van der Waals surface area contributed by atoms with Gasteiger partial charge in [-0.15, -0.1) is 0 Å². The second-order valence-corrected chi connectivity index (χ2v) is 6.19. The topological polar surface area (TPSA) is 60.1 Å². The summed E-state index contributed by atoms with van der Waals surface area (Å²) in [7, 11) is 0. The van der Waals surface area contributed by atoms with Crippen molar-refractivity contribution in [1.29, 1.82) is 0 Å². The number of aryl methyl sites for hydroxylation is 1. The van der Waals surface area contributed by atoms with Crippen LogP contribution in [0.4, 0.5) is 0 Å². The Labute approximate surface area is 153 Å². The van der Waals surface area contributed by atoms with E-state index in [4.69, 9.17) is 4.42 Å². The average molecular weight is 349 g/mol. The van der Waals surface area contributed by atoms with Crippen molar-refractivity contribution in [3.63, 3.8) is 0 Å². The molecule has 0 aliphatic carbocycles. The van der Waals surface area contributed by atoms with E-state index in [2.05, 4.69) is 34.8 Å². The molecule has 5 nitrogen and oxygen atoms in total. The van der Waals surface area contributed by atoms with Gasteiger partial charge in [0.15, 0.2) is 0 Å². The second-order valence-electron chi connectivity index (χ2n) is 6.19. The van der Waals surface area contributed by atoms with Gasteiger partial charge in [-0.1, -0.05) is 6.07 Å². The summed E-state index contributed by atoms with van der Waals surface area (Å²) < 4.78 is 7.61. The minimum atomic E-state index is -0.100. The van der Waals surface area contributed by atoms with Crippen LogP contribution in [-0.2, 0) is 17.8 Å².